The molecule has 8 heteroatoms. The number of aryl methyl sites for hydroxylation is 1. The number of carbonyl (C=O) groups excluding carboxylic acids is 1. The fraction of sp³-hybridized carbons (Fsp3) is 0.667. The summed E-state index contributed by atoms with van der Waals surface area (Å²) in [5, 5.41) is 0.0325. The predicted molar refractivity (Wildman–Crippen MR) is 71.5 cm³/mol. The van der Waals surface area contributed by atoms with Crippen molar-refractivity contribution in [3.63, 3.8) is 0 Å². The van der Waals surface area contributed by atoms with Crippen molar-refractivity contribution < 1.29 is 17.9 Å². The van der Waals surface area contributed by atoms with E-state index < -0.39 is 22.0 Å². The number of sulfonamides is 1. The molecule has 0 radical (unpaired) electrons. The average molecular weight is 301 g/mol. The van der Waals surface area contributed by atoms with Gasteiger partial charge in [0, 0.05) is 13.0 Å². The molecule has 0 bridgehead atoms. The number of ether oxygens (including phenoxy) is 1. The van der Waals surface area contributed by atoms with Gasteiger partial charge in [0.25, 0.3) is 10.0 Å². The quantitative estimate of drug-likeness (QED) is 0.826. The minimum atomic E-state index is -3.74. The monoisotopic (exact) mass is 301 g/mol. The largest absolute Gasteiger partial charge is 0.468 e. The Hall–Kier alpha value is -1.41. The van der Waals surface area contributed by atoms with Crippen LogP contribution >= 0.6 is 0 Å². The number of esters is 1. The minimum absolute atomic E-state index is 0.0325. The number of H-pyrrole nitrogens is 1. The number of hydrogen-bond donors (Lipinski definition) is 1. The molecule has 1 atom stereocenters. The van der Waals surface area contributed by atoms with Crippen molar-refractivity contribution in [3.05, 3.63) is 12.0 Å². The third-order valence-electron chi connectivity index (χ3n) is 3.45. The zero-order valence-electron chi connectivity index (χ0n) is 11.6. The van der Waals surface area contributed by atoms with Crippen LogP contribution in [0.15, 0.2) is 11.2 Å². The molecule has 20 heavy (non-hydrogen) atoms. The Balaban J connectivity index is 2.32. The summed E-state index contributed by atoms with van der Waals surface area (Å²) in [6.07, 6.45) is 3.96. The number of piperidine rings is 1. The minimum Gasteiger partial charge on any atom is -0.468 e. The first kappa shape index (κ1) is 15.0. The van der Waals surface area contributed by atoms with Crippen LogP contribution < -0.4 is 0 Å². The highest BCUT2D eigenvalue weighted by Crippen LogP contribution is 2.25. The standard InChI is InChI=1S/C12H19N3O4S/c1-3-10-13-8-11(14-10)20(17,18)15-7-5-4-6-9(15)12(16)19-2/h8-9H,3-7H2,1-2H3,(H,13,14)/t9-/m1/s1. The molecule has 2 rings (SSSR count). The first-order valence-corrected chi connectivity index (χ1v) is 8.08. The van der Waals surface area contributed by atoms with E-state index in [9.17, 15) is 13.2 Å². The van der Waals surface area contributed by atoms with E-state index in [2.05, 4.69) is 9.97 Å². The highest BCUT2D eigenvalue weighted by atomic mass is 32.2. The van der Waals surface area contributed by atoms with Crippen molar-refractivity contribution >= 4 is 16.0 Å². The smallest absolute Gasteiger partial charge is 0.324 e. The van der Waals surface area contributed by atoms with E-state index in [1.165, 1.54) is 17.6 Å². The van der Waals surface area contributed by atoms with Gasteiger partial charge < -0.3 is 9.72 Å². The number of carbonyl (C=O) groups is 1. The molecule has 0 aliphatic carbocycles. The zero-order valence-corrected chi connectivity index (χ0v) is 12.4. The molecule has 0 unspecified atom stereocenters. The molecule has 7 nitrogen and oxygen atoms in total. The van der Waals surface area contributed by atoms with Crippen LogP contribution in [0, 0.1) is 0 Å². The average Bonchev–Trinajstić information content (AvgIpc) is 2.96. The van der Waals surface area contributed by atoms with E-state index in [1.807, 2.05) is 6.92 Å². The first-order valence-electron chi connectivity index (χ1n) is 6.64. The highest BCUT2D eigenvalue weighted by molar-refractivity contribution is 7.89. The molecule has 1 saturated heterocycles. The summed E-state index contributed by atoms with van der Waals surface area (Å²) in [5.41, 5.74) is 0. The fourth-order valence-corrected chi connectivity index (χ4v) is 3.93. The van der Waals surface area contributed by atoms with E-state index in [1.54, 1.807) is 0 Å². The van der Waals surface area contributed by atoms with Crippen molar-refractivity contribution in [3.8, 4) is 0 Å². The van der Waals surface area contributed by atoms with Gasteiger partial charge in [-0.1, -0.05) is 6.92 Å². The number of aromatic amines is 1. The lowest BCUT2D eigenvalue weighted by molar-refractivity contribution is -0.146. The summed E-state index contributed by atoms with van der Waals surface area (Å²) < 4.78 is 31.1. The lowest BCUT2D eigenvalue weighted by Crippen LogP contribution is -2.48. The molecule has 0 spiro atoms. The van der Waals surface area contributed by atoms with Crippen LogP contribution in [0.25, 0.3) is 0 Å². The molecule has 1 aliphatic heterocycles. The van der Waals surface area contributed by atoms with Crippen molar-refractivity contribution in [1.29, 1.82) is 0 Å². The Morgan fingerprint density at radius 2 is 2.30 bits per heavy atom. The Morgan fingerprint density at radius 3 is 2.90 bits per heavy atom. The Kier molecular flexibility index (Phi) is 4.44. The van der Waals surface area contributed by atoms with Crippen molar-refractivity contribution in [2.45, 2.75) is 43.7 Å². The van der Waals surface area contributed by atoms with Crippen molar-refractivity contribution in [2.24, 2.45) is 0 Å². The van der Waals surface area contributed by atoms with Crippen LogP contribution in [0.3, 0.4) is 0 Å². The van der Waals surface area contributed by atoms with Gasteiger partial charge in [0.15, 0.2) is 5.03 Å². The van der Waals surface area contributed by atoms with Gasteiger partial charge in [0.2, 0.25) is 0 Å². The topological polar surface area (TPSA) is 92.4 Å². The first-order chi connectivity index (χ1) is 9.50. The Bertz CT molecular complexity index is 581. The number of imidazole rings is 1. The summed E-state index contributed by atoms with van der Waals surface area (Å²) in [7, 11) is -2.47. The molecule has 1 N–H and O–H groups in total. The predicted octanol–water partition coefficient (Wildman–Crippen LogP) is 0.688. The van der Waals surface area contributed by atoms with E-state index in [4.69, 9.17) is 4.74 Å². The van der Waals surface area contributed by atoms with Crippen molar-refractivity contribution in [1.82, 2.24) is 14.3 Å². The Labute approximate surface area is 118 Å². The van der Waals surface area contributed by atoms with Crippen LogP contribution in [-0.2, 0) is 26.0 Å². The SMILES string of the molecule is CCc1ncc(S(=O)(=O)N2CCCC[C@@H]2C(=O)OC)[nH]1. The molecule has 2 heterocycles. The molecule has 1 aromatic heterocycles. The van der Waals surface area contributed by atoms with Crippen LogP contribution in [0.5, 0.6) is 0 Å². The number of nitrogens with zero attached hydrogens (tertiary/aromatic N) is 2. The van der Waals surface area contributed by atoms with E-state index in [-0.39, 0.29) is 5.03 Å². The second-order valence-corrected chi connectivity index (χ2v) is 6.56. The van der Waals surface area contributed by atoms with Crippen molar-refractivity contribution in [2.75, 3.05) is 13.7 Å². The lowest BCUT2D eigenvalue weighted by atomic mass is 10.1. The zero-order chi connectivity index (χ0) is 14.8. The molecule has 1 aromatic rings. The molecular weight excluding hydrogens is 282 g/mol. The second-order valence-electron chi connectivity index (χ2n) is 4.70. The van der Waals surface area contributed by atoms with Gasteiger partial charge in [0.05, 0.1) is 13.3 Å². The molecule has 112 valence electrons. The molecule has 0 amide bonds. The van der Waals surface area contributed by atoms with Gasteiger partial charge in [-0.2, -0.15) is 4.31 Å². The van der Waals surface area contributed by atoms with Crippen LogP contribution in [0.1, 0.15) is 32.0 Å². The maximum atomic E-state index is 12.6. The van der Waals surface area contributed by atoms with Gasteiger partial charge in [-0.25, -0.2) is 13.4 Å². The van der Waals surface area contributed by atoms with E-state index in [0.29, 0.717) is 25.2 Å². The van der Waals surface area contributed by atoms with Gasteiger partial charge in [-0.15, -0.1) is 0 Å². The third kappa shape index (κ3) is 2.71. The van der Waals surface area contributed by atoms with Gasteiger partial charge >= 0.3 is 5.97 Å². The number of rotatable bonds is 4. The van der Waals surface area contributed by atoms with Crippen LogP contribution in [0.2, 0.25) is 0 Å². The number of hydrogen-bond acceptors (Lipinski definition) is 5. The molecule has 1 aliphatic rings. The maximum absolute atomic E-state index is 12.6. The van der Waals surface area contributed by atoms with E-state index in [0.717, 1.165) is 12.8 Å². The lowest BCUT2D eigenvalue weighted by Gasteiger charge is -2.32. The summed E-state index contributed by atoms with van der Waals surface area (Å²) in [6.45, 7) is 2.20. The fourth-order valence-electron chi connectivity index (χ4n) is 2.34. The normalized spacial score (nSPS) is 20.8. The highest BCUT2D eigenvalue weighted by Gasteiger charge is 2.39. The van der Waals surface area contributed by atoms with Gasteiger partial charge in [0.1, 0.15) is 11.9 Å². The summed E-state index contributed by atoms with van der Waals surface area (Å²) in [4.78, 5) is 18.6. The van der Waals surface area contributed by atoms with Gasteiger partial charge in [-0.05, 0) is 19.3 Å². The second kappa shape index (κ2) is 5.92. The third-order valence-corrected chi connectivity index (χ3v) is 5.27. The summed E-state index contributed by atoms with van der Waals surface area (Å²) in [5.74, 6) is 0.0960. The van der Waals surface area contributed by atoms with Crippen LogP contribution in [0.4, 0.5) is 0 Å². The summed E-state index contributed by atoms with van der Waals surface area (Å²) in [6, 6.07) is -0.743. The van der Waals surface area contributed by atoms with Gasteiger partial charge in [-0.3, -0.25) is 4.79 Å². The maximum Gasteiger partial charge on any atom is 0.324 e. The molecule has 0 aromatic carbocycles. The number of methoxy groups -OCH3 is 1. The summed E-state index contributed by atoms with van der Waals surface area (Å²) >= 11 is 0. The molecular formula is C12H19N3O4S. The molecule has 1 fully saturated rings. The van der Waals surface area contributed by atoms with E-state index >= 15 is 0 Å². The number of nitrogens with one attached hydrogen (secondary N) is 1. The Morgan fingerprint density at radius 1 is 1.55 bits per heavy atom. The number of aromatic nitrogens is 2. The molecule has 0 saturated carbocycles. The van der Waals surface area contributed by atoms with Crippen LogP contribution in [-0.4, -0.2) is 48.4 Å².